The van der Waals surface area contributed by atoms with E-state index in [9.17, 15) is 13.2 Å². The zero-order valence-electron chi connectivity index (χ0n) is 10.9. The van der Waals surface area contributed by atoms with Crippen LogP contribution in [0.25, 0.3) is 11.0 Å². The van der Waals surface area contributed by atoms with E-state index in [0.29, 0.717) is 11.0 Å². The summed E-state index contributed by atoms with van der Waals surface area (Å²) in [6.07, 6.45) is 0. The summed E-state index contributed by atoms with van der Waals surface area (Å²) >= 11 is 11.7. The van der Waals surface area contributed by atoms with E-state index < -0.39 is 20.4 Å². The Labute approximate surface area is 135 Å². The van der Waals surface area contributed by atoms with Crippen molar-refractivity contribution in [2.45, 2.75) is 9.79 Å². The smallest absolute Gasteiger partial charge is 0.355 e. The molecule has 0 fully saturated rings. The van der Waals surface area contributed by atoms with Crippen LogP contribution in [0, 0.1) is 0 Å². The van der Waals surface area contributed by atoms with Crippen LogP contribution in [0.15, 0.2) is 67.5 Å². The van der Waals surface area contributed by atoms with Gasteiger partial charge in [0.15, 0.2) is 4.90 Å². The Kier molecular flexibility index (Phi) is 3.72. The van der Waals surface area contributed by atoms with Crippen LogP contribution < -0.4 is 5.63 Å². The predicted molar refractivity (Wildman–Crippen MR) is 84.4 cm³/mol. The first-order valence-electron chi connectivity index (χ1n) is 6.12. The van der Waals surface area contributed by atoms with E-state index in [2.05, 4.69) is 0 Å². The lowest BCUT2D eigenvalue weighted by molar-refractivity contribution is 0.532. The molecule has 0 N–H and O–H groups in total. The first kappa shape index (κ1) is 15.1. The topological polar surface area (TPSA) is 64.3 Å². The number of sulfone groups is 1. The van der Waals surface area contributed by atoms with Crippen molar-refractivity contribution >= 4 is 44.0 Å². The molecule has 0 saturated carbocycles. The lowest BCUT2D eigenvalue weighted by Gasteiger charge is -2.06. The van der Waals surface area contributed by atoms with Crippen molar-refractivity contribution in [3.8, 4) is 0 Å². The van der Waals surface area contributed by atoms with E-state index in [-0.39, 0.29) is 14.9 Å². The Bertz CT molecular complexity index is 1020. The first-order valence-corrected chi connectivity index (χ1v) is 8.36. The summed E-state index contributed by atoms with van der Waals surface area (Å²) in [6, 6.07) is 11.8. The highest BCUT2D eigenvalue weighted by Crippen LogP contribution is 2.27. The molecule has 0 aliphatic carbocycles. The zero-order chi connectivity index (χ0) is 15.9. The van der Waals surface area contributed by atoms with E-state index in [1.807, 2.05) is 0 Å². The number of fused-ring (bicyclic) bond motifs is 1. The molecule has 112 valence electrons. The summed E-state index contributed by atoms with van der Waals surface area (Å²) in [5.41, 5.74) is -0.620. The molecule has 1 heterocycles. The molecular formula is C15H8Cl2O4S. The molecule has 4 nitrogen and oxygen atoms in total. The number of para-hydroxylation sites is 1. The van der Waals surface area contributed by atoms with Crippen molar-refractivity contribution in [2.24, 2.45) is 0 Å². The molecule has 1 aromatic heterocycles. The van der Waals surface area contributed by atoms with Gasteiger partial charge < -0.3 is 4.42 Å². The lowest BCUT2D eigenvalue weighted by Crippen LogP contribution is -2.14. The molecule has 0 radical (unpaired) electrons. The molecule has 0 aliphatic heterocycles. The summed E-state index contributed by atoms with van der Waals surface area (Å²) in [4.78, 5) is 11.4. The third-order valence-electron chi connectivity index (χ3n) is 3.05. The van der Waals surface area contributed by atoms with Crippen molar-refractivity contribution in [1.82, 2.24) is 0 Å². The molecule has 0 unspecified atom stereocenters. The molecule has 0 atom stereocenters. The van der Waals surface area contributed by atoms with Gasteiger partial charge in [-0.3, -0.25) is 0 Å². The predicted octanol–water partition coefficient (Wildman–Crippen LogP) is 3.93. The van der Waals surface area contributed by atoms with Crippen LogP contribution in [-0.2, 0) is 9.84 Å². The minimum Gasteiger partial charge on any atom is -0.422 e. The van der Waals surface area contributed by atoms with Gasteiger partial charge in [-0.1, -0.05) is 41.4 Å². The largest absolute Gasteiger partial charge is 0.422 e. The summed E-state index contributed by atoms with van der Waals surface area (Å²) in [7, 11) is -4.08. The Morgan fingerprint density at radius 1 is 0.909 bits per heavy atom. The van der Waals surface area contributed by atoms with Gasteiger partial charge in [0.25, 0.3) is 0 Å². The van der Waals surface area contributed by atoms with E-state index in [1.165, 1.54) is 24.3 Å². The Hall–Kier alpha value is -1.82. The molecule has 2 aromatic carbocycles. The average molecular weight is 355 g/mol. The Morgan fingerprint density at radius 2 is 1.55 bits per heavy atom. The number of benzene rings is 2. The first-order chi connectivity index (χ1) is 10.4. The quantitative estimate of drug-likeness (QED) is 0.654. The highest BCUT2D eigenvalue weighted by molar-refractivity contribution is 7.91. The van der Waals surface area contributed by atoms with Crippen LogP contribution >= 0.6 is 23.2 Å². The molecule has 0 bridgehead atoms. The minimum atomic E-state index is -4.08. The third kappa shape index (κ3) is 2.63. The maximum absolute atomic E-state index is 12.6. The maximum atomic E-state index is 12.6. The monoisotopic (exact) mass is 354 g/mol. The second-order valence-corrected chi connectivity index (χ2v) is 7.34. The van der Waals surface area contributed by atoms with Crippen LogP contribution in [0.2, 0.25) is 10.0 Å². The summed E-state index contributed by atoms with van der Waals surface area (Å²) in [5.74, 6) is 0. The van der Waals surface area contributed by atoms with Crippen LogP contribution in [0.5, 0.6) is 0 Å². The van der Waals surface area contributed by atoms with E-state index >= 15 is 0 Å². The fourth-order valence-electron chi connectivity index (χ4n) is 2.04. The molecule has 3 rings (SSSR count). The number of hydrogen-bond acceptors (Lipinski definition) is 4. The minimum absolute atomic E-state index is 0.160. The molecule has 7 heteroatoms. The molecule has 0 saturated heterocycles. The van der Waals surface area contributed by atoms with Gasteiger partial charge in [0.1, 0.15) is 5.58 Å². The number of rotatable bonds is 2. The zero-order valence-corrected chi connectivity index (χ0v) is 13.2. The normalized spacial score (nSPS) is 11.7. The van der Waals surface area contributed by atoms with E-state index in [1.54, 1.807) is 24.3 Å². The van der Waals surface area contributed by atoms with Gasteiger partial charge in [0.05, 0.1) is 4.90 Å². The maximum Gasteiger partial charge on any atom is 0.355 e. The SMILES string of the molecule is O=c1oc2ccccc2cc1S(=O)(=O)c1cc(Cl)cc(Cl)c1. The molecular weight excluding hydrogens is 347 g/mol. The number of halogens is 2. The van der Waals surface area contributed by atoms with Crippen molar-refractivity contribution in [3.63, 3.8) is 0 Å². The van der Waals surface area contributed by atoms with E-state index in [4.69, 9.17) is 27.6 Å². The van der Waals surface area contributed by atoms with Gasteiger partial charge in [-0.05, 0) is 30.3 Å². The van der Waals surface area contributed by atoms with Gasteiger partial charge in [0, 0.05) is 15.4 Å². The highest BCUT2D eigenvalue weighted by atomic mass is 35.5. The Balaban J connectivity index is 2.29. The van der Waals surface area contributed by atoms with Gasteiger partial charge in [-0.2, -0.15) is 0 Å². The van der Waals surface area contributed by atoms with Crippen molar-refractivity contribution in [3.05, 3.63) is 69.0 Å². The van der Waals surface area contributed by atoms with Crippen LogP contribution in [-0.4, -0.2) is 8.42 Å². The Morgan fingerprint density at radius 3 is 2.23 bits per heavy atom. The van der Waals surface area contributed by atoms with Crippen LogP contribution in [0.4, 0.5) is 0 Å². The highest BCUT2D eigenvalue weighted by Gasteiger charge is 2.24. The van der Waals surface area contributed by atoms with E-state index in [0.717, 1.165) is 0 Å². The van der Waals surface area contributed by atoms with Gasteiger partial charge in [0.2, 0.25) is 9.84 Å². The molecule has 3 aromatic rings. The molecule has 22 heavy (non-hydrogen) atoms. The van der Waals surface area contributed by atoms with Crippen molar-refractivity contribution < 1.29 is 12.8 Å². The van der Waals surface area contributed by atoms with Gasteiger partial charge >= 0.3 is 5.63 Å². The lowest BCUT2D eigenvalue weighted by atomic mass is 10.2. The fourth-order valence-corrected chi connectivity index (χ4v) is 4.06. The second kappa shape index (κ2) is 5.43. The van der Waals surface area contributed by atoms with Crippen molar-refractivity contribution in [1.29, 1.82) is 0 Å². The third-order valence-corrected chi connectivity index (χ3v) is 5.20. The summed E-state index contributed by atoms with van der Waals surface area (Å²) in [5, 5.41) is 0.835. The fraction of sp³-hybridized carbons (Fsp3) is 0. The van der Waals surface area contributed by atoms with Gasteiger partial charge in [-0.25, -0.2) is 13.2 Å². The summed E-state index contributed by atoms with van der Waals surface area (Å²) < 4.78 is 30.3. The van der Waals surface area contributed by atoms with Gasteiger partial charge in [-0.15, -0.1) is 0 Å². The molecule has 0 spiro atoms. The molecule has 0 aliphatic rings. The second-order valence-electron chi connectivity index (χ2n) is 4.54. The summed E-state index contributed by atoms with van der Waals surface area (Å²) in [6.45, 7) is 0. The van der Waals surface area contributed by atoms with Crippen LogP contribution in [0.3, 0.4) is 0 Å². The standard InChI is InChI=1S/C15H8Cl2O4S/c16-10-6-11(17)8-12(7-10)22(19,20)14-5-9-3-1-2-4-13(9)21-15(14)18/h1-8H. The van der Waals surface area contributed by atoms with Crippen LogP contribution in [0.1, 0.15) is 0 Å². The number of hydrogen-bond donors (Lipinski definition) is 0. The van der Waals surface area contributed by atoms with Crippen molar-refractivity contribution in [2.75, 3.05) is 0 Å². The molecule has 0 amide bonds. The average Bonchev–Trinajstić information content (AvgIpc) is 2.45.